The minimum absolute atomic E-state index is 0.0861. The van der Waals surface area contributed by atoms with Crippen molar-refractivity contribution in [3.05, 3.63) is 17.5 Å². The molecule has 0 spiro atoms. The third-order valence-electron chi connectivity index (χ3n) is 3.54. The van der Waals surface area contributed by atoms with Crippen molar-refractivity contribution in [2.24, 2.45) is 0 Å². The van der Waals surface area contributed by atoms with Gasteiger partial charge in [0.1, 0.15) is 18.0 Å². The van der Waals surface area contributed by atoms with Crippen LogP contribution in [0.3, 0.4) is 0 Å². The lowest BCUT2D eigenvalue weighted by molar-refractivity contribution is -0.139. The number of amides is 2. The lowest BCUT2D eigenvalue weighted by Crippen LogP contribution is -2.41. The maximum absolute atomic E-state index is 12.1. The summed E-state index contributed by atoms with van der Waals surface area (Å²) in [5.74, 6) is 0.375. The van der Waals surface area contributed by atoms with E-state index in [0.29, 0.717) is 6.54 Å². The number of ether oxygens (including phenoxy) is 1. The number of urea groups is 1. The molecule has 0 radical (unpaired) electrons. The fourth-order valence-electron chi connectivity index (χ4n) is 2.49. The zero-order valence-corrected chi connectivity index (χ0v) is 12.4. The van der Waals surface area contributed by atoms with Crippen LogP contribution in [0.4, 0.5) is 4.79 Å². The van der Waals surface area contributed by atoms with Gasteiger partial charge in [0.25, 0.3) is 0 Å². The molecule has 0 aliphatic carbocycles. The summed E-state index contributed by atoms with van der Waals surface area (Å²) in [5, 5.41) is 6.63. The highest BCUT2D eigenvalue weighted by Gasteiger charge is 2.32. The van der Waals surface area contributed by atoms with E-state index in [2.05, 4.69) is 22.1 Å². The number of rotatable bonds is 5. The molecule has 116 valence electrons. The molecule has 1 fully saturated rings. The first-order chi connectivity index (χ1) is 10.2. The molecule has 7 heteroatoms. The van der Waals surface area contributed by atoms with Crippen LogP contribution < -0.4 is 5.32 Å². The fraction of sp³-hybridized carbons (Fsp3) is 0.643. The molecule has 2 heterocycles. The number of hydrogen-bond donors (Lipinski definition) is 1. The van der Waals surface area contributed by atoms with Crippen LogP contribution in [0, 0.1) is 0 Å². The quantitative estimate of drug-likeness (QED) is 0.835. The monoisotopic (exact) mass is 295 g/mol. The summed E-state index contributed by atoms with van der Waals surface area (Å²) in [6.45, 7) is 2.59. The number of aryl methyl sites for hydroxylation is 1. The topological polar surface area (TPSA) is 84.7 Å². The average Bonchev–Trinajstić information content (AvgIpc) is 3.13. The van der Waals surface area contributed by atoms with Crippen LogP contribution in [0.2, 0.25) is 0 Å². The Hall–Kier alpha value is -2.05. The minimum Gasteiger partial charge on any atom is -0.468 e. The van der Waals surface area contributed by atoms with Gasteiger partial charge in [-0.3, -0.25) is 4.79 Å². The lowest BCUT2D eigenvalue weighted by atomic mass is 10.1. The zero-order chi connectivity index (χ0) is 15.2. The first-order valence-corrected chi connectivity index (χ1v) is 7.22. The van der Waals surface area contributed by atoms with Gasteiger partial charge in [0.05, 0.1) is 13.2 Å². The summed E-state index contributed by atoms with van der Waals surface area (Å²) in [5.41, 5.74) is 0.782. The van der Waals surface area contributed by atoms with Crippen LogP contribution >= 0.6 is 0 Å². The predicted octanol–water partition coefficient (Wildman–Crippen LogP) is 1.65. The lowest BCUT2D eigenvalue weighted by Gasteiger charge is -2.22. The minimum atomic E-state index is -0.467. The summed E-state index contributed by atoms with van der Waals surface area (Å²) in [7, 11) is 1.29. The molecule has 21 heavy (non-hydrogen) atoms. The maximum Gasteiger partial charge on any atom is 0.325 e. The van der Waals surface area contributed by atoms with Gasteiger partial charge in [0, 0.05) is 19.0 Å². The number of esters is 1. The van der Waals surface area contributed by atoms with Crippen molar-refractivity contribution in [1.29, 1.82) is 0 Å². The van der Waals surface area contributed by atoms with Gasteiger partial charge in [-0.25, -0.2) is 4.79 Å². The van der Waals surface area contributed by atoms with E-state index < -0.39 is 5.97 Å². The van der Waals surface area contributed by atoms with Gasteiger partial charge in [-0.05, 0) is 19.3 Å². The molecule has 1 aliphatic rings. The molecule has 1 aromatic heterocycles. The predicted molar refractivity (Wildman–Crippen MR) is 74.6 cm³/mol. The van der Waals surface area contributed by atoms with Crippen molar-refractivity contribution in [2.75, 3.05) is 20.2 Å². The zero-order valence-electron chi connectivity index (χ0n) is 12.4. The number of methoxy groups -OCH3 is 1. The Balaban J connectivity index is 1.98. The van der Waals surface area contributed by atoms with Gasteiger partial charge in [-0.1, -0.05) is 12.1 Å². The van der Waals surface area contributed by atoms with Crippen molar-refractivity contribution in [1.82, 2.24) is 15.4 Å². The molecule has 1 aromatic rings. The average molecular weight is 295 g/mol. The molecule has 2 amide bonds. The van der Waals surface area contributed by atoms with Gasteiger partial charge in [0.2, 0.25) is 0 Å². The van der Waals surface area contributed by atoms with Gasteiger partial charge in [-0.15, -0.1) is 0 Å². The number of nitrogens with one attached hydrogen (secondary N) is 1. The van der Waals surface area contributed by atoms with Gasteiger partial charge >= 0.3 is 12.0 Å². The molecular weight excluding hydrogens is 274 g/mol. The standard InChI is InChI=1S/C14H21N3O4/c1-3-5-10-8-11(16-21-10)12-6-4-7-17(12)14(19)15-9-13(18)20-2/h8,12H,3-7,9H2,1-2H3,(H,15,19). The first-order valence-electron chi connectivity index (χ1n) is 7.22. The van der Waals surface area contributed by atoms with Crippen molar-refractivity contribution >= 4 is 12.0 Å². The molecule has 2 rings (SSSR count). The fourth-order valence-corrected chi connectivity index (χ4v) is 2.49. The maximum atomic E-state index is 12.1. The number of carbonyl (C=O) groups is 2. The van der Waals surface area contributed by atoms with E-state index in [9.17, 15) is 9.59 Å². The van der Waals surface area contributed by atoms with Gasteiger partial charge in [-0.2, -0.15) is 0 Å². The molecule has 1 N–H and O–H groups in total. The van der Waals surface area contributed by atoms with E-state index in [1.165, 1.54) is 7.11 Å². The van der Waals surface area contributed by atoms with Crippen LogP contribution in [-0.4, -0.2) is 42.3 Å². The van der Waals surface area contributed by atoms with E-state index in [-0.39, 0.29) is 18.6 Å². The molecule has 0 saturated carbocycles. The second-order valence-electron chi connectivity index (χ2n) is 5.05. The highest BCUT2D eigenvalue weighted by molar-refractivity contribution is 5.81. The second kappa shape index (κ2) is 7.10. The Labute approximate surface area is 123 Å². The molecule has 1 aliphatic heterocycles. The van der Waals surface area contributed by atoms with Crippen LogP contribution in [0.15, 0.2) is 10.6 Å². The van der Waals surface area contributed by atoms with Gasteiger partial charge in [0.15, 0.2) is 0 Å². The molecule has 0 aromatic carbocycles. The highest BCUT2D eigenvalue weighted by Crippen LogP contribution is 2.31. The van der Waals surface area contributed by atoms with Crippen molar-refractivity contribution in [3.8, 4) is 0 Å². The SMILES string of the molecule is CCCc1cc(C2CCCN2C(=O)NCC(=O)OC)no1. The molecule has 0 bridgehead atoms. The summed E-state index contributed by atoms with van der Waals surface area (Å²) >= 11 is 0. The second-order valence-corrected chi connectivity index (χ2v) is 5.05. The van der Waals surface area contributed by atoms with Crippen LogP contribution in [0.25, 0.3) is 0 Å². The summed E-state index contributed by atoms with van der Waals surface area (Å²) < 4.78 is 9.78. The van der Waals surface area contributed by atoms with E-state index in [4.69, 9.17) is 4.52 Å². The van der Waals surface area contributed by atoms with Crippen molar-refractivity contribution < 1.29 is 18.8 Å². The number of hydrogen-bond acceptors (Lipinski definition) is 5. The van der Waals surface area contributed by atoms with E-state index in [0.717, 1.165) is 37.1 Å². The van der Waals surface area contributed by atoms with Crippen LogP contribution in [0.5, 0.6) is 0 Å². The van der Waals surface area contributed by atoms with Crippen molar-refractivity contribution in [2.45, 2.75) is 38.6 Å². The Bertz CT molecular complexity index is 500. The van der Waals surface area contributed by atoms with Gasteiger partial charge < -0.3 is 19.5 Å². The largest absolute Gasteiger partial charge is 0.468 e. The smallest absolute Gasteiger partial charge is 0.325 e. The number of aromatic nitrogens is 1. The number of likely N-dealkylation sites (tertiary alicyclic amines) is 1. The molecule has 1 saturated heterocycles. The number of nitrogens with zero attached hydrogens (tertiary/aromatic N) is 2. The number of carbonyl (C=O) groups excluding carboxylic acids is 2. The van der Waals surface area contributed by atoms with E-state index in [1.807, 2.05) is 6.07 Å². The molecule has 7 nitrogen and oxygen atoms in total. The molecule has 1 unspecified atom stereocenters. The Kier molecular flexibility index (Phi) is 5.19. The van der Waals surface area contributed by atoms with Crippen LogP contribution in [-0.2, 0) is 16.0 Å². The van der Waals surface area contributed by atoms with Crippen LogP contribution in [0.1, 0.15) is 43.7 Å². The molecule has 1 atom stereocenters. The highest BCUT2D eigenvalue weighted by atomic mass is 16.5. The summed E-state index contributed by atoms with van der Waals surface area (Å²) in [4.78, 5) is 24.9. The third-order valence-corrected chi connectivity index (χ3v) is 3.54. The molecular formula is C14H21N3O4. The van der Waals surface area contributed by atoms with Crippen molar-refractivity contribution in [3.63, 3.8) is 0 Å². The Morgan fingerprint density at radius 1 is 1.57 bits per heavy atom. The first kappa shape index (κ1) is 15.3. The summed E-state index contributed by atoms with van der Waals surface area (Å²) in [6, 6.07) is 1.56. The summed E-state index contributed by atoms with van der Waals surface area (Å²) in [6.07, 6.45) is 3.59. The third kappa shape index (κ3) is 3.74. The van der Waals surface area contributed by atoms with E-state index >= 15 is 0 Å². The Morgan fingerprint density at radius 2 is 2.38 bits per heavy atom. The normalized spacial score (nSPS) is 17.8. The van der Waals surface area contributed by atoms with E-state index in [1.54, 1.807) is 4.90 Å². The Morgan fingerprint density at radius 3 is 3.10 bits per heavy atom.